The summed E-state index contributed by atoms with van der Waals surface area (Å²) in [6, 6.07) is 4.15. The number of allylic oxidation sites excluding steroid dienone is 5. The van der Waals surface area contributed by atoms with Crippen LogP contribution in [0.15, 0.2) is 42.0 Å². The zero-order valence-corrected chi connectivity index (χ0v) is 20.6. The Hall–Kier alpha value is -2.33. The van der Waals surface area contributed by atoms with Crippen LogP contribution < -0.4 is 4.74 Å². The van der Waals surface area contributed by atoms with E-state index in [1.807, 2.05) is 38.2 Å². The largest absolute Gasteiger partial charge is 0.493 e. The number of aliphatic hydroxyl groups excluding tert-OH is 1. The number of ether oxygens (including phenoxy) is 1. The maximum Gasteiger partial charge on any atom is 0.336 e. The van der Waals surface area contributed by atoms with Gasteiger partial charge in [-0.25, -0.2) is 4.79 Å². The second-order valence-electron chi connectivity index (χ2n) is 10.0. The first-order valence-electron chi connectivity index (χ1n) is 11.7. The molecule has 0 fully saturated rings. The lowest BCUT2D eigenvalue weighted by Crippen LogP contribution is -2.34. The van der Waals surface area contributed by atoms with Gasteiger partial charge >= 0.3 is 5.97 Å². The lowest BCUT2D eigenvalue weighted by atomic mass is 9.62. The van der Waals surface area contributed by atoms with Gasteiger partial charge in [0.05, 0.1) is 12.2 Å². The van der Waals surface area contributed by atoms with Crippen LogP contribution >= 0.6 is 0 Å². The summed E-state index contributed by atoms with van der Waals surface area (Å²) >= 11 is 0. The number of hydrogen-bond acceptors (Lipinski definition) is 3. The fraction of sp³-hybridized carbons (Fsp3) is 0.536. The zero-order chi connectivity index (χ0) is 23.9. The van der Waals surface area contributed by atoms with Crippen molar-refractivity contribution in [1.29, 1.82) is 0 Å². The molecule has 4 heteroatoms. The van der Waals surface area contributed by atoms with Gasteiger partial charge < -0.3 is 14.9 Å². The average Bonchev–Trinajstić information content (AvgIpc) is 2.72. The molecule has 1 aromatic carbocycles. The molecule has 0 radical (unpaired) electrons. The van der Waals surface area contributed by atoms with Gasteiger partial charge in [0, 0.05) is 12.2 Å². The molecular formula is C28H40O4. The molecule has 0 saturated carbocycles. The van der Waals surface area contributed by atoms with Gasteiger partial charge in [-0.3, -0.25) is 0 Å². The number of carboxylic acid groups (broad SMARTS) is 1. The van der Waals surface area contributed by atoms with E-state index in [1.165, 1.54) is 11.1 Å². The number of unbranched alkanes of at least 4 members (excludes halogenated alkanes) is 2. The first-order chi connectivity index (χ1) is 15.0. The van der Waals surface area contributed by atoms with E-state index in [1.54, 1.807) is 0 Å². The summed E-state index contributed by atoms with van der Waals surface area (Å²) in [5.41, 5.74) is 4.04. The van der Waals surface area contributed by atoms with Gasteiger partial charge in [0.2, 0.25) is 0 Å². The summed E-state index contributed by atoms with van der Waals surface area (Å²) < 4.78 is 6.20. The van der Waals surface area contributed by atoms with E-state index in [0.717, 1.165) is 32.1 Å². The quantitative estimate of drug-likeness (QED) is 0.245. The number of benzene rings is 1. The third-order valence-electron chi connectivity index (χ3n) is 6.54. The second kappa shape index (κ2) is 11.0. The molecule has 176 valence electrons. The molecule has 0 saturated heterocycles. The molecular weight excluding hydrogens is 400 g/mol. The highest BCUT2D eigenvalue weighted by molar-refractivity contribution is 6.17. The smallest absolute Gasteiger partial charge is 0.336 e. The molecule has 0 aromatic heterocycles. The monoisotopic (exact) mass is 440 g/mol. The van der Waals surface area contributed by atoms with Gasteiger partial charge in [0.1, 0.15) is 5.75 Å². The molecule has 2 N–H and O–H groups in total. The molecule has 0 atom stereocenters. The van der Waals surface area contributed by atoms with Crippen LogP contribution in [0.3, 0.4) is 0 Å². The molecule has 0 spiro atoms. The fourth-order valence-corrected chi connectivity index (χ4v) is 4.37. The van der Waals surface area contributed by atoms with E-state index >= 15 is 0 Å². The predicted molar refractivity (Wildman–Crippen MR) is 132 cm³/mol. The molecule has 0 amide bonds. The van der Waals surface area contributed by atoms with Crippen LogP contribution in [0.1, 0.15) is 90.3 Å². The number of aliphatic carboxylic acids is 1. The maximum absolute atomic E-state index is 12.4. The van der Waals surface area contributed by atoms with Gasteiger partial charge in [0.25, 0.3) is 0 Å². The summed E-state index contributed by atoms with van der Waals surface area (Å²) in [5.74, 6) is -0.319. The van der Waals surface area contributed by atoms with E-state index in [2.05, 4.69) is 39.8 Å². The van der Waals surface area contributed by atoms with Crippen LogP contribution in [0.2, 0.25) is 0 Å². The molecule has 0 unspecified atom stereocenters. The summed E-state index contributed by atoms with van der Waals surface area (Å²) in [7, 11) is 0. The summed E-state index contributed by atoms with van der Waals surface area (Å²) in [6.07, 6.45) is 12.1. The Morgan fingerprint density at radius 1 is 1.03 bits per heavy atom. The summed E-state index contributed by atoms with van der Waals surface area (Å²) in [5, 5.41) is 19.2. The van der Waals surface area contributed by atoms with Crippen molar-refractivity contribution in [1.82, 2.24) is 0 Å². The Balaban J connectivity index is 2.66. The summed E-state index contributed by atoms with van der Waals surface area (Å²) in [4.78, 5) is 12.4. The minimum Gasteiger partial charge on any atom is -0.493 e. The van der Waals surface area contributed by atoms with E-state index in [-0.39, 0.29) is 23.0 Å². The first-order valence-corrected chi connectivity index (χ1v) is 11.7. The molecule has 0 aliphatic heterocycles. The summed E-state index contributed by atoms with van der Waals surface area (Å²) in [6.45, 7) is 13.4. The molecule has 32 heavy (non-hydrogen) atoms. The fourth-order valence-electron chi connectivity index (χ4n) is 4.37. The van der Waals surface area contributed by atoms with Gasteiger partial charge in [-0.2, -0.15) is 0 Å². The van der Waals surface area contributed by atoms with Crippen molar-refractivity contribution < 1.29 is 19.7 Å². The van der Waals surface area contributed by atoms with E-state index in [4.69, 9.17) is 9.84 Å². The lowest BCUT2D eigenvalue weighted by Gasteiger charge is -2.42. The number of aliphatic hydroxyl groups is 1. The van der Waals surface area contributed by atoms with Crippen LogP contribution in [0, 0.1) is 0 Å². The predicted octanol–water partition coefficient (Wildman–Crippen LogP) is 6.57. The highest BCUT2D eigenvalue weighted by Gasteiger charge is 2.38. The number of hydrogen-bond donors (Lipinski definition) is 2. The SMILES string of the molecule is C/C=C/C=C/C(C)=C(/C(=O)O)c1cc2c(cc1OCCCCCO)C(C)(C)CCC2(C)C. The molecule has 1 aromatic rings. The molecule has 0 heterocycles. The van der Waals surface area contributed by atoms with Crippen molar-refractivity contribution in [2.75, 3.05) is 13.2 Å². The zero-order valence-electron chi connectivity index (χ0n) is 20.6. The Morgan fingerprint density at radius 2 is 1.66 bits per heavy atom. The van der Waals surface area contributed by atoms with Crippen molar-refractivity contribution in [3.63, 3.8) is 0 Å². The van der Waals surface area contributed by atoms with Crippen LogP contribution in [-0.2, 0) is 15.6 Å². The highest BCUT2D eigenvalue weighted by atomic mass is 16.5. The highest BCUT2D eigenvalue weighted by Crippen LogP contribution is 2.48. The van der Waals surface area contributed by atoms with Crippen LogP contribution in [0.4, 0.5) is 0 Å². The third kappa shape index (κ3) is 6.13. The van der Waals surface area contributed by atoms with Crippen LogP contribution in [-0.4, -0.2) is 29.4 Å². The normalized spacial score (nSPS) is 18.0. The standard InChI is InChI=1S/C28H40O4/c1-7-8-10-13-20(2)25(26(30)31)21-18-22-23(28(5,6)15-14-27(22,3)4)19-24(21)32-17-12-9-11-16-29/h7-8,10,13,18-19,29H,9,11-12,14-17H2,1-6H3,(H,30,31)/b8-7+,13-10+,25-20+. The Kier molecular flexibility index (Phi) is 8.91. The van der Waals surface area contributed by atoms with Crippen molar-refractivity contribution >= 4 is 11.5 Å². The number of rotatable bonds is 10. The third-order valence-corrected chi connectivity index (χ3v) is 6.54. The van der Waals surface area contributed by atoms with Crippen LogP contribution in [0.25, 0.3) is 5.57 Å². The molecule has 1 aliphatic carbocycles. The first kappa shape index (κ1) is 25.9. The molecule has 4 nitrogen and oxygen atoms in total. The van der Waals surface area contributed by atoms with E-state index in [9.17, 15) is 9.90 Å². The van der Waals surface area contributed by atoms with E-state index in [0.29, 0.717) is 23.5 Å². The minimum absolute atomic E-state index is 0.00630. The van der Waals surface area contributed by atoms with Gasteiger partial charge in [-0.05, 0) is 85.6 Å². The maximum atomic E-state index is 12.4. The second-order valence-corrected chi connectivity index (χ2v) is 10.0. The van der Waals surface area contributed by atoms with Crippen LogP contribution in [0.5, 0.6) is 5.75 Å². The van der Waals surface area contributed by atoms with E-state index < -0.39 is 5.97 Å². The van der Waals surface area contributed by atoms with Gasteiger partial charge in [0.15, 0.2) is 0 Å². The topological polar surface area (TPSA) is 66.8 Å². The van der Waals surface area contributed by atoms with Gasteiger partial charge in [-0.15, -0.1) is 0 Å². The van der Waals surface area contributed by atoms with Gasteiger partial charge in [-0.1, -0.05) is 52.0 Å². The number of carboxylic acids is 1. The van der Waals surface area contributed by atoms with Crippen molar-refractivity contribution in [2.24, 2.45) is 0 Å². The lowest BCUT2D eigenvalue weighted by molar-refractivity contribution is -0.130. The Labute approximate surface area is 193 Å². The molecule has 1 aliphatic rings. The Bertz CT molecular complexity index is 900. The van der Waals surface area contributed by atoms with Crippen molar-refractivity contribution in [2.45, 2.75) is 84.5 Å². The molecule has 2 rings (SSSR count). The number of carbonyl (C=O) groups is 1. The van der Waals surface area contributed by atoms with Crippen molar-refractivity contribution in [3.8, 4) is 5.75 Å². The minimum atomic E-state index is -0.953. The Morgan fingerprint density at radius 3 is 2.22 bits per heavy atom. The molecule has 0 bridgehead atoms. The number of fused-ring (bicyclic) bond motifs is 1. The average molecular weight is 441 g/mol. The van der Waals surface area contributed by atoms with Crippen molar-refractivity contribution in [3.05, 3.63) is 58.7 Å².